The van der Waals surface area contributed by atoms with Crippen LogP contribution in [-0.4, -0.2) is 25.2 Å². The molecule has 17 heavy (non-hydrogen) atoms. The third-order valence-electron chi connectivity index (χ3n) is 2.31. The number of alkyl halides is 1. The van der Waals surface area contributed by atoms with Crippen LogP contribution in [-0.2, 0) is 0 Å². The number of aromatic nitrogens is 2. The normalized spacial score (nSPS) is 24.1. The van der Waals surface area contributed by atoms with Gasteiger partial charge in [0.25, 0.3) is 0 Å². The Morgan fingerprint density at radius 1 is 1.71 bits per heavy atom. The van der Waals surface area contributed by atoms with Crippen LogP contribution in [0.1, 0.15) is 6.92 Å². The van der Waals surface area contributed by atoms with E-state index in [4.69, 9.17) is 11.6 Å². The van der Waals surface area contributed by atoms with Crippen LogP contribution >= 0.6 is 34.2 Å². The monoisotopic (exact) mass is 370 g/mol. The zero-order valence-corrected chi connectivity index (χ0v) is 11.7. The molecule has 5 nitrogen and oxygen atoms in total. The fourth-order valence-electron chi connectivity index (χ4n) is 1.42. The van der Waals surface area contributed by atoms with Gasteiger partial charge in [0.2, 0.25) is 5.28 Å². The van der Waals surface area contributed by atoms with E-state index in [1.54, 1.807) is 6.20 Å². The van der Waals surface area contributed by atoms with Gasteiger partial charge in [-0.2, -0.15) is 4.98 Å². The first-order valence-electron chi connectivity index (χ1n) is 4.70. The molecular formula is C9H9ClFIN4O. The molecule has 0 aromatic carbocycles. The molecule has 0 bridgehead atoms. The fourth-order valence-corrected chi connectivity index (χ4v) is 2.12. The zero-order valence-electron chi connectivity index (χ0n) is 8.78. The van der Waals surface area contributed by atoms with Crippen LogP contribution in [0.2, 0.25) is 5.28 Å². The Balaban J connectivity index is 2.37. The highest BCUT2D eigenvalue weighted by Crippen LogP contribution is 2.32. The van der Waals surface area contributed by atoms with Gasteiger partial charge in [0.15, 0.2) is 11.6 Å². The molecule has 2 heterocycles. The summed E-state index contributed by atoms with van der Waals surface area (Å²) in [4.78, 5) is 7.34. The van der Waals surface area contributed by atoms with E-state index in [0.29, 0.717) is 5.57 Å². The number of nitrogens with one attached hydrogen (secondary N) is 1. The summed E-state index contributed by atoms with van der Waals surface area (Å²) in [5.41, 5.74) is 3.71. The summed E-state index contributed by atoms with van der Waals surface area (Å²) in [5.74, 6) is -0.569. The van der Waals surface area contributed by atoms with E-state index >= 15 is 0 Å². The lowest BCUT2D eigenvalue weighted by molar-refractivity contribution is 0.321. The second-order valence-corrected chi connectivity index (χ2v) is 6.10. The molecule has 1 aromatic rings. The molecule has 0 radical (unpaired) electrons. The Morgan fingerprint density at radius 3 is 3.00 bits per heavy atom. The fraction of sp³-hybridized carbons (Fsp3) is 0.333. The minimum atomic E-state index is -0.593. The summed E-state index contributed by atoms with van der Waals surface area (Å²) in [6.07, 6.45) is 2.59. The number of rotatable bonds is 2. The van der Waals surface area contributed by atoms with Crippen LogP contribution in [0.4, 0.5) is 10.2 Å². The molecule has 1 aliphatic heterocycles. The van der Waals surface area contributed by atoms with Gasteiger partial charge < -0.3 is 5.11 Å². The molecule has 8 heteroatoms. The van der Waals surface area contributed by atoms with Crippen LogP contribution in [0.3, 0.4) is 0 Å². The maximum Gasteiger partial charge on any atom is 0.224 e. The van der Waals surface area contributed by atoms with Crippen molar-refractivity contribution >= 4 is 40.0 Å². The third-order valence-corrected chi connectivity index (χ3v) is 3.43. The maximum absolute atomic E-state index is 13.5. The van der Waals surface area contributed by atoms with E-state index in [9.17, 15) is 9.50 Å². The molecule has 0 aliphatic carbocycles. The van der Waals surface area contributed by atoms with Crippen molar-refractivity contribution in [1.29, 1.82) is 0 Å². The van der Waals surface area contributed by atoms with Crippen molar-refractivity contribution in [1.82, 2.24) is 15.4 Å². The zero-order chi connectivity index (χ0) is 12.6. The summed E-state index contributed by atoms with van der Waals surface area (Å²) in [6, 6.07) is 0. The molecule has 0 saturated heterocycles. The van der Waals surface area contributed by atoms with Gasteiger partial charge >= 0.3 is 0 Å². The highest BCUT2D eigenvalue weighted by molar-refractivity contribution is 14.1. The minimum absolute atomic E-state index is 0.0244. The molecular weight excluding hydrogens is 361 g/mol. The van der Waals surface area contributed by atoms with Crippen LogP contribution in [0.25, 0.3) is 0 Å². The minimum Gasteiger partial charge on any atom is -0.392 e. The second kappa shape index (κ2) is 4.63. The molecule has 1 atom stereocenters. The third kappa shape index (κ3) is 2.51. The van der Waals surface area contributed by atoms with Gasteiger partial charge in [0.1, 0.15) is 3.55 Å². The molecule has 0 fully saturated rings. The molecule has 92 valence electrons. The second-order valence-electron chi connectivity index (χ2n) is 3.61. The number of aliphatic hydroxyl groups is 1. The van der Waals surface area contributed by atoms with Crippen molar-refractivity contribution in [3.63, 3.8) is 0 Å². The molecule has 1 aromatic heterocycles. The van der Waals surface area contributed by atoms with Crippen molar-refractivity contribution < 1.29 is 9.50 Å². The standard InChI is InChI=1S/C9H9ClFIN4O/c1-9(12)5(4-17)3-16(15-9)7-6(11)2-13-8(10)14-7/h2-3,15,17H,4H2,1H3. The largest absolute Gasteiger partial charge is 0.392 e. The Hall–Kier alpha value is -0.510. The lowest BCUT2D eigenvalue weighted by Gasteiger charge is -2.23. The summed E-state index contributed by atoms with van der Waals surface area (Å²) in [5, 5.41) is 10.5. The predicted octanol–water partition coefficient (Wildman–Crippen LogP) is 1.62. The lowest BCUT2D eigenvalue weighted by atomic mass is 10.2. The Kier molecular flexibility index (Phi) is 3.53. The first kappa shape index (κ1) is 12.9. The Morgan fingerprint density at radius 2 is 2.41 bits per heavy atom. The Labute approximate surface area is 116 Å². The van der Waals surface area contributed by atoms with Crippen LogP contribution in [0, 0.1) is 5.82 Å². The van der Waals surface area contributed by atoms with Gasteiger partial charge in [0.05, 0.1) is 12.8 Å². The van der Waals surface area contributed by atoms with E-state index in [-0.39, 0.29) is 17.7 Å². The number of halogens is 3. The number of anilines is 1. The van der Waals surface area contributed by atoms with Gasteiger partial charge in [-0.25, -0.2) is 14.8 Å². The van der Waals surface area contributed by atoms with Gasteiger partial charge in [-0.15, -0.1) is 0 Å². The molecule has 0 saturated carbocycles. The molecule has 0 amide bonds. The molecule has 2 N–H and O–H groups in total. The number of aliphatic hydroxyl groups excluding tert-OH is 1. The first-order chi connectivity index (χ1) is 7.94. The summed E-state index contributed by atoms with van der Waals surface area (Å²) in [6.45, 7) is 1.74. The van der Waals surface area contributed by atoms with Gasteiger partial charge in [-0.05, 0) is 18.5 Å². The number of nitrogens with zero attached hydrogens (tertiary/aromatic N) is 3. The molecule has 0 spiro atoms. The van der Waals surface area contributed by atoms with E-state index in [1.807, 2.05) is 6.92 Å². The number of hydrogen-bond donors (Lipinski definition) is 2. The van der Waals surface area contributed by atoms with E-state index in [1.165, 1.54) is 5.01 Å². The van der Waals surface area contributed by atoms with Crippen molar-refractivity contribution in [3.8, 4) is 0 Å². The molecule has 2 rings (SSSR count). The van der Waals surface area contributed by atoms with Crippen LogP contribution in [0.5, 0.6) is 0 Å². The van der Waals surface area contributed by atoms with E-state index in [0.717, 1.165) is 6.20 Å². The van der Waals surface area contributed by atoms with E-state index in [2.05, 4.69) is 38.0 Å². The average Bonchev–Trinajstić information content (AvgIpc) is 2.57. The topological polar surface area (TPSA) is 61.3 Å². The lowest BCUT2D eigenvalue weighted by Crippen LogP contribution is -2.42. The first-order valence-corrected chi connectivity index (χ1v) is 6.16. The molecule has 1 aliphatic rings. The summed E-state index contributed by atoms with van der Waals surface area (Å²) in [7, 11) is 0. The Bertz CT molecular complexity index is 482. The molecule has 1 unspecified atom stereocenters. The van der Waals surface area contributed by atoms with Crippen molar-refractivity contribution in [3.05, 3.63) is 29.1 Å². The van der Waals surface area contributed by atoms with Crippen molar-refractivity contribution in [2.45, 2.75) is 10.5 Å². The van der Waals surface area contributed by atoms with Crippen LogP contribution < -0.4 is 10.4 Å². The SMILES string of the molecule is CC1(I)NN(c2nc(Cl)ncc2F)C=C1CO. The van der Waals surface area contributed by atoms with Gasteiger partial charge in [0, 0.05) is 11.8 Å². The quantitative estimate of drug-likeness (QED) is 0.359. The van der Waals surface area contributed by atoms with Gasteiger partial charge in [-0.1, -0.05) is 22.6 Å². The highest BCUT2D eigenvalue weighted by atomic mass is 127. The average molecular weight is 371 g/mol. The van der Waals surface area contributed by atoms with E-state index < -0.39 is 9.36 Å². The predicted molar refractivity (Wildman–Crippen MR) is 70.2 cm³/mol. The van der Waals surface area contributed by atoms with Crippen molar-refractivity contribution in [2.24, 2.45) is 0 Å². The van der Waals surface area contributed by atoms with Gasteiger partial charge in [-0.3, -0.25) is 5.01 Å². The van der Waals surface area contributed by atoms with Crippen molar-refractivity contribution in [2.75, 3.05) is 11.6 Å². The summed E-state index contributed by atoms with van der Waals surface area (Å²) >= 11 is 7.73. The highest BCUT2D eigenvalue weighted by Gasteiger charge is 2.34. The maximum atomic E-state index is 13.5. The van der Waals surface area contributed by atoms with Crippen LogP contribution in [0.15, 0.2) is 18.0 Å². The smallest absolute Gasteiger partial charge is 0.224 e. The number of hydrogen-bond acceptors (Lipinski definition) is 5. The summed E-state index contributed by atoms with van der Waals surface area (Å²) < 4.78 is 13.1. The number of hydrazine groups is 1.